The Labute approximate surface area is 251 Å². The van der Waals surface area contributed by atoms with Gasteiger partial charge in [-0.25, -0.2) is 8.42 Å². The van der Waals surface area contributed by atoms with Crippen molar-refractivity contribution in [3.63, 3.8) is 0 Å². The van der Waals surface area contributed by atoms with E-state index < -0.39 is 28.5 Å². The number of rotatable bonds is 13. The van der Waals surface area contributed by atoms with Gasteiger partial charge in [0, 0.05) is 17.6 Å². The van der Waals surface area contributed by atoms with Crippen LogP contribution in [0.15, 0.2) is 82.2 Å². The number of anilines is 1. The first-order valence-electron chi connectivity index (χ1n) is 13.6. The second-order valence-corrected chi connectivity index (χ2v) is 13.0. The minimum Gasteiger partial charge on any atom is -0.494 e. The highest BCUT2D eigenvalue weighted by atomic mass is 79.9. The van der Waals surface area contributed by atoms with Crippen molar-refractivity contribution in [2.75, 3.05) is 24.0 Å². The number of hydrogen-bond donors (Lipinski definition) is 1. The molecule has 3 aromatic rings. The van der Waals surface area contributed by atoms with E-state index in [1.54, 1.807) is 43.3 Å². The van der Waals surface area contributed by atoms with Crippen molar-refractivity contribution in [1.82, 2.24) is 10.2 Å². The van der Waals surface area contributed by atoms with Crippen molar-refractivity contribution in [2.45, 2.75) is 52.1 Å². The van der Waals surface area contributed by atoms with Gasteiger partial charge in [-0.3, -0.25) is 13.9 Å². The van der Waals surface area contributed by atoms with Gasteiger partial charge in [0.15, 0.2) is 0 Å². The average Bonchev–Trinajstić information content (AvgIpc) is 2.93. The van der Waals surface area contributed by atoms with E-state index in [-0.39, 0.29) is 23.3 Å². The summed E-state index contributed by atoms with van der Waals surface area (Å²) in [4.78, 5) is 28.6. The zero-order chi connectivity index (χ0) is 30.2. The van der Waals surface area contributed by atoms with Gasteiger partial charge in [-0.1, -0.05) is 59.6 Å². The molecular formula is C31H38BrN3O5S. The van der Waals surface area contributed by atoms with Gasteiger partial charge >= 0.3 is 0 Å². The molecule has 0 saturated carbocycles. The standard InChI is InChI=1S/C31H38BrN3O5S/c1-6-40-28-14-12-27(13-15-28)35(41(38,39)29-16-10-23(4)11-17-29)21-30(36)34(20-25-8-7-9-26(32)18-25)24(5)31(37)33-19-22(2)3/h7-18,22,24H,6,19-21H2,1-5H3,(H,33,37). The summed E-state index contributed by atoms with van der Waals surface area (Å²) in [5, 5.41) is 2.89. The molecule has 0 spiro atoms. The summed E-state index contributed by atoms with van der Waals surface area (Å²) in [7, 11) is -4.13. The summed E-state index contributed by atoms with van der Waals surface area (Å²) in [5.41, 5.74) is 2.01. The van der Waals surface area contributed by atoms with Gasteiger partial charge in [0.05, 0.1) is 17.2 Å². The molecule has 0 aliphatic heterocycles. The maximum absolute atomic E-state index is 14.0. The Morgan fingerprint density at radius 1 is 0.976 bits per heavy atom. The molecule has 3 aromatic carbocycles. The lowest BCUT2D eigenvalue weighted by molar-refractivity contribution is -0.139. The molecule has 0 saturated heterocycles. The van der Waals surface area contributed by atoms with Crippen molar-refractivity contribution >= 4 is 43.5 Å². The lowest BCUT2D eigenvalue weighted by Crippen LogP contribution is -2.51. The Morgan fingerprint density at radius 3 is 2.22 bits per heavy atom. The van der Waals surface area contributed by atoms with Gasteiger partial charge in [-0.05, 0) is 80.8 Å². The molecule has 0 fully saturated rings. The number of nitrogens with one attached hydrogen (secondary N) is 1. The monoisotopic (exact) mass is 643 g/mol. The van der Waals surface area contributed by atoms with Crippen LogP contribution in [0, 0.1) is 12.8 Å². The van der Waals surface area contributed by atoms with E-state index in [0.29, 0.717) is 24.6 Å². The molecule has 1 atom stereocenters. The quantitative estimate of drug-likeness (QED) is 0.264. The predicted octanol–water partition coefficient (Wildman–Crippen LogP) is 5.54. The number of amides is 2. The lowest BCUT2D eigenvalue weighted by atomic mass is 10.1. The van der Waals surface area contributed by atoms with Gasteiger partial charge in [-0.15, -0.1) is 0 Å². The van der Waals surface area contributed by atoms with Crippen molar-refractivity contribution in [3.05, 3.63) is 88.4 Å². The molecule has 0 aliphatic carbocycles. The first kappa shape index (κ1) is 32.1. The molecular weight excluding hydrogens is 606 g/mol. The van der Waals surface area contributed by atoms with Gasteiger partial charge in [0.1, 0.15) is 18.3 Å². The summed E-state index contributed by atoms with van der Waals surface area (Å²) in [5.74, 6) is -0.00466. The van der Waals surface area contributed by atoms with Crippen LogP contribution in [0.3, 0.4) is 0 Å². The van der Waals surface area contributed by atoms with Gasteiger partial charge in [0.25, 0.3) is 10.0 Å². The maximum Gasteiger partial charge on any atom is 0.264 e. The first-order chi connectivity index (χ1) is 19.4. The van der Waals surface area contributed by atoms with Gasteiger partial charge in [-0.2, -0.15) is 0 Å². The molecule has 1 N–H and O–H groups in total. The fourth-order valence-electron chi connectivity index (χ4n) is 4.11. The fraction of sp³-hybridized carbons (Fsp3) is 0.355. The third-order valence-electron chi connectivity index (χ3n) is 6.42. The number of carbonyl (C=O) groups excluding carboxylic acids is 2. The maximum atomic E-state index is 14.0. The molecule has 3 rings (SSSR count). The molecule has 0 heterocycles. The average molecular weight is 645 g/mol. The minimum atomic E-state index is -4.13. The molecule has 10 heteroatoms. The van der Waals surface area contributed by atoms with E-state index in [4.69, 9.17) is 4.74 Å². The summed E-state index contributed by atoms with van der Waals surface area (Å²) in [6.45, 7) is 9.90. The van der Waals surface area contributed by atoms with Crippen molar-refractivity contribution < 1.29 is 22.7 Å². The van der Waals surface area contributed by atoms with Crippen molar-refractivity contribution in [2.24, 2.45) is 5.92 Å². The second kappa shape index (κ2) is 14.5. The van der Waals surface area contributed by atoms with E-state index in [1.807, 2.05) is 52.0 Å². The smallest absolute Gasteiger partial charge is 0.264 e. The van der Waals surface area contributed by atoms with E-state index in [2.05, 4.69) is 21.2 Å². The number of benzene rings is 3. The van der Waals surface area contributed by atoms with Crippen LogP contribution in [0.2, 0.25) is 0 Å². The summed E-state index contributed by atoms with van der Waals surface area (Å²) < 4.78 is 35.3. The summed E-state index contributed by atoms with van der Waals surface area (Å²) in [6, 6.07) is 19.6. The molecule has 1 unspecified atom stereocenters. The first-order valence-corrected chi connectivity index (χ1v) is 15.8. The van der Waals surface area contributed by atoms with E-state index in [9.17, 15) is 18.0 Å². The summed E-state index contributed by atoms with van der Waals surface area (Å²) in [6.07, 6.45) is 0. The molecule has 0 bridgehead atoms. The zero-order valence-corrected chi connectivity index (χ0v) is 26.5. The Balaban J connectivity index is 2.02. The highest BCUT2D eigenvalue weighted by Crippen LogP contribution is 2.27. The van der Waals surface area contributed by atoms with E-state index >= 15 is 0 Å². The third kappa shape index (κ3) is 8.81. The number of sulfonamides is 1. The number of halogens is 1. The number of hydrogen-bond acceptors (Lipinski definition) is 5. The highest BCUT2D eigenvalue weighted by molar-refractivity contribution is 9.10. The predicted molar refractivity (Wildman–Crippen MR) is 165 cm³/mol. The topological polar surface area (TPSA) is 96.0 Å². The van der Waals surface area contributed by atoms with Crippen LogP contribution in [-0.4, -0.2) is 50.9 Å². The Kier molecular flexibility index (Phi) is 11.4. The molecule has 0 aromatic heterocycles. The number of nitrogens with zero attached hydrogens (tertiary/aromatic N) is 2. The largest absolute Gasteiger partial charge is 0.494 e. The number of aryl methyl sites for hydroxylation is 1. The van der Waals surface area contributed by atoms with Crippen LogP contribution in [-0.2, 0) is 26.2 Å². The summed E-state index contributed by atoms with van der Waals surface area (Å²) >= 11 is 3.46. The van der Waals surface area contributed by atoms with Crippen LogP contribution < -0.4 is 14.4 Å². The van der Waals surface area contributed by atoms with Crippen LogP contribution >= 0.6 is 15.9 Å². The molecule has 2 amide bonds. The van der Waals surface area contributed by atoms with Crippen LogP contribution in [0.25, 0.3) is 0 Å². The Hall–Kier alpha value is -3.37. The molecule has 0 radical (unpaired) electrons. The lowest BCUT2D eigenvalue weighted by Gasteiger charge is -2.32. The van der Waals surface area contributed by atoms with Crippen LogP contribution in [0.5, 0.6) is 5.75 Å². The van der Waals surface area contributed by atoms with E-state index in [0.717, 1.165) is 19.9 Å². The minimum absolute atomic E-state index is 0.0612. The molecule has 0 aliphatic rings. The third-order valence-corrected chi connectivity index (χ3v) is 8.70. The highest BCUT2D eigenvalue weighted by Gasteiger charge is 2.32. The molecule has 41 heavy (non-hydrogen) atoms. The second-order valence-electron chi connectivity index (χ2n) is 10.2. The van der Waals surface area contributed by atoms with Crippen LogP contribution in [0.4, 0.5) is 5.69 Å². The van der Waals surface area contributed by atoms with Gasteiger partial charge < -0.3 is 15.0 Å². The van der Waals surface area contributed by atoms with Crippen molar-refractivity contribution in [1.29, 1.82) is 0 Å². The Bertz CT molecular complexity index is 1430. The SMILES string of the molecule is CCOc1ccc(N(CC(=O)N(Cc2cccc(Br)c2)C(C)C(=O)NCC(C)C)S(=O)(=O)c2ccc(C)cc2)cc1. The molecule has 8 nitrogen and oxygen atoms in total. The fourth-order valence-corrected chi connectivity index (χ4v) is 5.97. The van der Waals surface area contributed by atoms with Crippen LogP contribution in [0.1, 0.15) is 38.8 Å². The van der Waals surface area contributed by atoms with Gasteiger partial charge in [0.2, 0.25) is 11.8 Å². The molecule has 220 valence electrons. The van der Waals surface area contributed by atoms with Crippen molar-refractivity contribution in [3.8, 4) is 5.75 Å². The number of carbonyl (C=O) groups is 2. The number of ether oxygens (including phenoxy) is 1. The Morgan fingerprint density at radius 2 is 1.63 bits per heavy atom. The zero-order valence-electron chi connectivity index (χ0n) is 24.1. The normalized spacial score (nSPS) is 12.1. The van der Waals surface area contributed by atoms with E-state index in [1.165, 1.54) is 17.0 Å².